The summed E-state index contributed by atoms with van der Waals surface area (Å²) in [6, 6.07) is 98.3. The monoisotopic (exact) mass is 852 g/mol. The number of aromatic nitrogens is 1. The predicted molar refractivity (Wildman–Crippen MR) is 281 cm³/mol. The average molecular weight is 853 g/mol. The van der Waals surface area contributed by atoms with Gasteiger partial charge in [0.1, 0.15) is 0 Å². The lowest BCUT2D eigenvalue weighted by Gasteiger charge is -2.35. The molecule has 1 aliphatic rings. The Labute approximate surface area is 390 Å². The molecular formula is C65H44N2. The average Bonchev–Trinajstić information content (AvgIpc) is 3.90. The molecule has 0 radical (unpaired) electrons. The molecule has 67 heavy (non-hydrogen) atoms. The van der Waals surface area contributed by atoms with Crippen molar-refractivity contribution in [3.05, 3.63) is 289 Å². The Hall–Kier alpha value is -8.72. The summed E-state index contributed by atoms with van der Waals surface area (Å²) in [5.41, 5.74) is 18.5. The quantitative estimate of drug-likeness (QED) is 0.148. The van der Waals surface area contributed by atoms with Gasteiger partial charge in [-0.1, -0.05) is 218 Å². The smallest absolute Gasteiger partial charge is 0.0714 e. The Morgan fingerprint density at radius 1 is 0.328 bits per heavy atom. The first-order valence-corrected chi connectivity index (χ1v) is 23.2. The van der Waals surface area contributed by atoms with Crippen LogP contribution in [-0.2, 0) is 5.41 Å². The van der Waals surface area contributed by atoms with Crippen LogP contribution in [0.1, 0.15) is 22.3 Å². The summed E-state index contributed by atoms with van der Waals surface area (Å²) in [5, 5.41) is 4.89. The zero-order valence-electron chi connectivity index (χ0n) is 36.8. The lowest BCUT2D eigenvalue weighted by atomic mass is 9.67. The molecule has 0 aliphatic heterocycles. The number of fused-ring (bicyclic) bond motifs is 7. The highest BCUT2D eigenvalue weighted by Crippen LogP contribution is 2.58. The Morgan fingerprint density at radius 2 is 0.866 bits per heavy atom. The van der Waals surface area contributed by atoms with Gasteiger partial charge in [-0.15, -0.1) is 0 Å². The summed E-state index contributed by atoms with van der Waals surface area (Å²) < 4.78 is 2.42. The highest BCUT2D eigenvalue weighted by atomic mass is 15.1. The van der Waals surface area contributed by atoms with Gasteiger partial charge in [0, 0.05) is 33.4 Å². The van der Waals surface area contributed by atoms with E-state index in [2.05, 4.69) is 276 Å². The predicted octanol–water partition coefficient (Wildman–Crippen LogP) is 17.1. The van der Waals surface area contributed by atoms with Crippen molar-refractivity contribution in [1.29, 1.82) is 0 Å². The molecule has 0 atom stereocenters. The van der Waals surface area contributed by atoms with E-state index in [1.807, 2.05) is 0 Å². The van der Waals surface area contributed by atoms with E-state index in [0.29, 0.717) is 0 Å². The van der Waals surface area contributed by atoms with Crippen molar-refractivity contribution in [1.82, 2.24) is 4.57 Å². The minimum Gasteiger partial charge on any atom is -0.310 e. The van der Waals surface area contributed by atoms with Crippen LogP contribution in [0.2, 0.25) is 0 Å². The first kappa shape index (κ1) is 38.7. The van der Waals surface area contributed by atoms with Gasteiger partial charge in [0.15, 0.2) is 0 Å². The van der Waals surface area contributed by atoms with Gasteiger partial charge in [-0.05, 0) is 109 Å². The second-order valence-corrected chi connectivity index (χ2v) is 17.6. The third kappa shape index (κ3) is 6.04. The fourth-order valence-electron chi connectivity index (χ4n) is 11.3. The van der Waals surface area contributed by atoms with E-state index < -0.39 is 5.41 Å². The zero-order chi connectivity index (χ0) is 44.3. The third-order valence-electron chi connectivity index (χ3n) is 14.1. The second-order valence-electron chi connectivity index (χ2n) is 17.6. The fraction of sp³-hybridized carbons (Fsp3) is 0.0154. The number of hydrogen-bond donors (Lipinski definition) is 0. The van der Waals surface area contributed by atoms with Crippen LogP contribution in [0.3, 0.4) is 0 Å². The summed E-state index contributed by atoms with van der Waals surface area (Å²) in [7, 11) is 0. The molecule has 2 heteroatoms. The van der Waals surface area contributed by atoms with Crippen LogP contribution < -0.4 is 4.90 Å². The first-order chi connectivity index (χ1) is 33.3. The number of benzene rings is 11. The van der Waals surface area contributed by atoms with E-state index >= 15 is 0 Å². The molecule has 0 fully saturated rings. The lowest BCUT2D eigenvalue weighted by Crippen LogP contribution is -2.28. The highest BCUT2D eigenvalue weighted by molar-refractivity contribution is 6.12. The summed E-state index contributed by atoms with van der Waals surface area (Å²) in [6.45, 7) is 0. The molecule has 1 heterocycles. The Balaban J connectivity index is 1.12. The van der Waals surface area contributed by atoms with Crippen molar-refractivity contribution in [3.63, 3.8) is 0 Å². The maximum Gasteiger partial charge on any atom is 0.0714 e. The summed E-state index contributed by atoms with van der Waals surface area (Å²) in [4.78, 5) is 2.51. The van der Waals surface area contributed by atoms with Gasteiger partial charge in [0.05, 0.1) is 22.1 Å². The molecule has 2 nitrogen and oxygen atoms in total. The molecule has 314 valence electrons. The number of para-hydroxylation sites is 3. The first-order valence-electron chi connectivity index (χ1n) is 23.2. The third-order valence-corrected chi connectivity index (χ3v) is 14.1. The SMILES string of the molecule is c1ccc(-c2cccc3cccc(-c4ccccc4N(c4ccc5c(c4)C(c4ccccc4)(c4ccccc4)c4ccccc4-5)c4ccc5c6ccccc6n(-c6ccccc6)c5c4)c23)cc1. The van der Waals surface area contributed by atoms with Gasteiger partial charge in [0.25, 0.3) is 0 Å². The van der Waals surface area contributed by atoms with Crippen molar-refractivity contribution in [3.8, 4) is 39.1 Å². The molecular weight excluding hydrogens is 809 g/mol. The summed E-state index contributed by atoms with van der Waals surface area (Å²) >= 11 is 0. The van der Waals surface area contributed by atoms with Crippen LogP contribution in [0.4, 0.5) is 17.1 Å². The Morgan fingerprint density at radius 3 is 1.61 bits per heavy atom. The van der Waals surface area contributed by atoms with E-state index in [4.69, 9.17) is 0 Å². The van der Waals surface area contributed by atoms with Crippen LogP contribution in [0.25, 0.3) is 71.6 Å². The molecule has 12 aromatic rings. The van der Waals surface area contributed by atoms with E-state index in [0.717, 1.165) is 33.8 Å². The molecule has 1 aliphatic carbocycles. The number of hydrogen-bond acceptors (Lipinski definition) is 1. The minimum atomic E-state index is -0.556. The van der Waals surface area contributed by atoms with Crippen LogP contribution in [0.15, 0.2) is 267 Å². The van der Waals surface area contributed by atoms with Crippen molar-refractivity contribution in [2.45, 2.75) is 5.41 Å². The van der Waals surface area contributed by atoms with Gasteiger partial charge < -0.3 is 9.47 Å². The molecule has 0 saturated carbocycles. The zero-order valence-corrected chi connectivity index (χ0v) is 36.8. The van der Waals surface area contributed by atoms with Crippen molar-refractivity contribution in [2.75, 3.05) is 4.90 Å². The molecule has 1 aromatic heterocycles. The molecule has 0 spiro atoms. The summed E-state index contributed by atoms with van der Waals surface area (Å²) in [5.74, 6) is 0. The molecule has 0 unspecified atom stereocenters. The van der Waals surface area contributed by atoms with Crippen LogP contribution in [-0.4, -0.2) is 4.57 Å². The van der Waals surface area contributed by atoms with Gasteiger partial charge in [0.2, 0.25) is 0 Å². The van der Waals surface area contributed by atoms with Crippen molar-refractivity contribution >= 4 is 49.6 Å². The number of anilines is 3. The topological polar surface area (TPSA) is 8.17 Å². The Kier molecular flexibility index (Phi) is 9.11. The molecule has 13 rings (SSSR count). The largest absolute Gasteiger partial charge is 0.310 e. The van der Waals surface area contributed by atoms with Crippen LogP contribution in [0, 0.1) is 0 Å². The Bertz CT molecular complexity index is 3750. The summed E-state index contributed by atoms with van der Waals surface area (Å²) in [6.07, 6.45) is 0. The van der Waals surface area contributed by atoms with E-state index in [1.54, 1.807) is 0 Å². The molecule has 0 N–H and O–H groups in total. The van der Waals surface area contributed by atoms with Crippen molar-refractivity contribution in [2.24, 2.45) is 0 Å². The normalized spacial score (nSPS) is 12.6. The van der Waals surface area contributed by atoms with Gasteiger partial charge in [-0.2, -0.15) is 0 Å². The van der Waals surface area contributed by atoms with Gasteiger partial charge >= 0.3 is 0 Å². The van der Waals surface area contributed by atoms with E-state index in [9.17, 15) is 0 Å². The standard InChI is InChI=1S/C65H44N2/c1-5-21-45(22-6-1)52-34-19-23-46-24-20-35-58(64(46)52)56-33-15-17-37-61(56)66(51-40-42-57-55-32-14-18-38-62(55)67(63(57)44-51)49-29-11-4-12-30-49)50-39-41-54-53-31-13-16-36-59(53)65(60(54)43-50,47-25-7-2-8-26-47)48-27-9-3-10-28-48/h1-44H. The maximum absolute atomic E-state index is 2.51. The molecule has 0 amide bonds. The second kappa shape index (κ2) is 15.8. The van der Waals surface area contributed by atoms with Crippen LogP contribution in [0.5, 0.6) is 0 Å². The maximum atomic E-state index is 2.51. The van der Waals surface area contributed by atoms with Crippen LogP contribution >= 0.6 is 0 Å². The lowest BCUT2D eigenvalue weighted by molar-refractivity contribution is 0.768. The highest BCUT2D eigenvalue weighted by Gasteiger charge is 2.46. The number of rotatable bonds is 8. The van der Waals surface area contributed by atoms with Gasteiger partial charge in [-0.25, -0.2) is 0 Å². The van der Waals surface area contributed by atoms with Crippen molar-refractivity contribution < 1.29 is 0 Å². The minimum absolute atomic E-state index is 0.556. The molecule has 11 aromatic carbocycles. The van der Waals surface area contributed by atoms with E-state index in [1.165, 1.54) is 77.1 Å². The molecule has 0 bridgehead atoms. The number of nitrogens with zero attached hydrogens (tertiary/aromatic N) is 2. The molecule has 0 saturated heterocycles. The van der Waals surface area contributed by atoms with Gasteiger partial charge in [-0.3, -0.25) is 0 Å². The fourth-order valence-corrected chi connectivity index (χ4v) is 11.3. The van der Waals surface area contributed by atoms with E-state index in [-0.39, 0.29) is 0 Å².